The molecule has 1 saturated heterocycles. The number of anilines is 1. The fourth-order valence-electron chi connectivity index (χ4n) is 3.58. The minimum absolute atomic E-state index is 0.0485. The van der Waals surface area contributed by atoms with Gasteiger partial charge in [0.05, 0.1) is 5.69 Å². The van der Waals surface area contributed by atoms with Crippen molar-refractivity contribution in [3.63, 3.8) is 0 Å². The molecule has 0 unspecified atom stereocenters. The molecule has 174 valence electrons. The quantitative estimate of drug-likeness (QED) is 0.634. The first-order valence-corrected chi connectivity index (χ1v) is 9.77. The minimum atomic E-state index is -5.50. The van der Waals surface area contributed by atoms with Gasteiger partial charge in [-0.05, 0) is 33.3 Å². The normalized spacial score (nSPS) is 19.8. The van der Waals surface area contributed by atoms with Crippen molar-refractivity contribution >= 4 is 18.1 Å². The average molecular weight is 454 g/mol. The molecule has 1 aliphatic heterocycles. The standard InChI is InChI=1S/C19H24F6N4O2/c1-16(2,3)31-15(30)29-8-4-7-28(9-10-29)14-26-12-5-6-17(18(20,21)22,19(23,24)25)11-13(12)27-14/h5-6H,4,7-11H2,1-3H3,(H,26,27). The molecule has 0 saturated carbocycles. The molecule has 12 heteroatoms. The first-order chi connectivity index (χ1) is 14.1. The van der Waals surface area contributed by atoms with Crippen LogP contribution in [-0.2, 0) is 11.2 Å². The Morgan fingerprint density at radius 3 is 2.29 bits per heavy atom. The van der Waals surface area contributed by atoms with Crippen molar-refractivity contribution in [1.82, 2.24) is 14.9 Å². The van der Waals surface area contributed by atoms with Gasteiger partial charge in [-0.25, -0.2) is 9.78 Å². The molecule has 31 heavy (non-hydrogen) atoms. The van der Waals surface area contributed by atoms with Gasteiger partial charge in [0.25, 0.3) is 0 Å². The Labute approximate surface area is 175 Å². The van der Waals surface area contributed by atoms with E-state index in [4.69, 9.17) is 4.74 Å². The van der Waals surface area contributed by atoms with E-state index in [1.54, 1.807) is 25.7 Å². The molecule has 6 nitrogen and oxygen atoms in total. The Morgan fingerprint density at radius 1 is 1.06 bits per heavy atom. The van der Waals surface area contributed by atoms with E-state index in [1.165, 1.54) is 4.90 Å². The molecule has 0 radical (unpaired) electrons. The SMILES string of the molecule is CC(C)(C)OC(=O)N1CCCN(c2nc3c([nH]2)CC(C(F)(F)F)(C(F)(F)F)C=C3)CC1. The van der Waals surface area contributed by atoms with E-state index in [-0.39, 0.29) is 30.0 Å². The zero-order chi connectivity index (χ0) is 23.2. The van der Waals surface area contributed by atoms with E-state index in [2.05, 4.69) is 9.97 Å². The van der Waals surface area contributed by atoms with Gasteiger partial charge in [0.2, 0.25) is 5.95 Å². The highest BCUT2D eigenvalue weighted by Crippen LogP contribution is 2.55. The van der Waals surface area contributed by atoms with Crippen LogP contribution in [0.5, 0.6) is 0 Å². The number of aromatic nitrogens is 2. The van der Waals surface area contributed by atoms with E-state index in [0.29, 0.717) is 26.1 Å². The largest absolute Gasteiger partial charge is 0.444 e. The van der Waals surface area contributed by atoms with Crippen molar-refractivity contribution in [1.29, 1.82) is 0 Å². The van der Waals surface area contributed by atoms with Gasteiger partial charge in [0.1, 0.15) is 5.60 Å². The predicted octanol–water partition coefficient (Wildman–Crippen LogP) is 4.54. The van der Waals surface area contributed by atoms with Crippen LogP contribution in [0, 0.1) is 5.41 Å². The van der Waals surface area contributed by atoms with Gasteiger partial charge >= 0.3 is 18.4 Å². The molecular weight excluding hydrogens is 430 g/mol. The lowest BCUT2D eigenvalue weighted by Gasteiger charge is -2.36. The second kappa shape index (κ2) is 7.63. The number of H-pyrrole nitrogens is 1. The number of aromatic amines is 1. The summed E-state index contributed by atoms with van der Waals surface area (Å²) >= 11 is 0. The highest BCUT2D eigenvalue weighted by Gasteiger charge is 2.70. The number of halogens is 6. The van der Waals surface area contributed by atoms with Crippen molar-refractivity contribution in [2.24, 2.45) is 5.41 Å². The van der Waals surface area contributed by atoms with Crippen molar-refractivity contribution < 1.29 is 35.9 Å². The summed E-state index contributed by atoms with van der Waals surface area (Å²) in [5, 5.41) is 0. The van der Waals surface area contributed by atoms with Gasteiger partial charge in [-0.3, -0.25) is 0 Å². The number of ether oxygens (including phenoxy) is 1. The van der Waals surface area contributed by atoms with Crippen molar-refractivity contribution in [3.8, 4) is 0 Å². The van der Waals surface area contributed by atoms with Gasteiger partial charge in [-0.2, -0.15) is 26.3 Å². The van der Waals surface area contributed by atoms with E-state index < -0.39 is 35.9 Å². The Kier molecular flexibility index (Phi) is 5.72. The van der Waals surface area contributed by atoms with Crippen molar-refractivity contribution in [2.75, 3.05) is 31.1 Å². The predicted molar refractivity (Wildman–Crippen MR) is 101 cm³/mol. The Bertz CT molecular complexity index is 839. The Balaban J connectivity index is 1.76. The van der Waals surface area contributed by atoms with Crippen LogP contribution < -0.4 is 4.90 Å². The zero-order valence-corrected chi connectivity index (χ0v) is 17.3. The first-order valence-electron chi connectivity index (χ1n) is 9.77. The molecule has 1 amide bonds. The third-order valence-corrected chi connectivity index (χ3v) is 5.24. The van der Waals surface area contributed by atoms with Gasteiger partial charge in [0, 0.05) is 38.3 Å². The number of carbonyl (C=O) groups excluding carboxylic acids is 1. The fraction of sp³-hybridized carbons (Fsp3) is 0.684. The number of hydrogen-bond acceptors (Lipinski definition) is 4. The van der Waals surface area contributed by atoms with E-state index in [1.807, 2.05) is 0 Å². The number of nitrogens with one attached hydrogen (secondary N) is 1. The number of imidazole rings is 1. The van der Waals surface area contributed by atoms with E-state index in [0.717, 1.165) is 6.08 Å². The Morgan fingerprint density at radius 2 is 1.71 bits per heavy atom. The minimum Gasteiger partial charge on any atom is -0.444 e. The molecule has 1 aliphatic carbocycles. The summed E-state index contributed by atoms with van der Waals surface area (Å²) in [6.45, 7) is 6.67. The molecule has 2 heterocycles. The van der Waals surface area contributed by atoms with Crippen molar-refractivity contribution in [3.05, 3.63) is 17.5 Å². The second-order valence-corrected chi connectivity index (χ2v) is 8.71. The van der Waals surface area contributed by atoms with Crippen LogP contribution >= 0.6 is 0 Å². The van der Waals surface area contributed by atoms with Crippen LogP contribution in [-0.4, -0.2) is 65.1 Å². The first kappa shape index (κ1) is 23.3. The number of allylic oxidation sites excluding steroid dienone is 1. The molecule has 0 spiro atoms. The number of amides is 1. The van der Waals surface area contributed by atoms with E-state index >= 15 is 0 Å². The summed E-state index contributed by atoms with van der Waals surface area (Å²) in [4.78, 5) is 22.3. The maximum atomic E-state index is 13.4. The molecule has 1 N–H and O–H groups in total. The average Bonchev–Trinajstić information content (AvgIpc) is 2.85. The molecule has 0 aromatic carbocycles. The van der Waals surface area contributed by atoms with Gasteiger partial charge < -0.3 is 19.5 Å². The molecule has 0 atom stereocenters. The molecular formula is C19H24F6N4O2. The summed E-state index contributed by atoms with van der Waals surface area (Å²) < 4.78 is 85.6. The molecule has 1 aromatic rings. The summed E-state index contributed by atoms with van der Waals surface area (Å²) in [6, 6.07) is 0. The lowest BCUT2D eigenvalue weighted by Crippen LogP contribution is -2.51. The number of carbonyl (C=O) groups is 1. The second-order valence-electron chi connectivity index (χ2n) is 8.71. The molecule has 3 rings (SSSR count). The number of rotatable bonds is 1. The third kappa shape index (κ3) is 4.62. The molecule has 0 bridgehead atoms. The van der Waals surface area contributed by atoms with Crippen LogP contribution in [0.4, 0.5) is 37.1 Å². The monoisotopic (exact) mass is 454 g/mol. The highest BCUT2D eigenvalue weighted by molar-refractivity contribution is 5.68. The summed E-state index contributed by atoms with van der Waals surface area (Å²) in [5.74, 6) is 0.181. The third-order valence-electron chi connectivity index (χ3n) is 5.24. The molecule has 1 aromatic heterocycles. The summed E-state index contributed by atoms with van der Waals surface area (Å²) in [7, 11) is 0. The van der Waals surface area contributed by atoms with Crippen LogP contribution in [0.2, 0.25) is 0 Å². The van der Waals surface area contributed by atoms with E-state index in [9.17, 15) is 31.1 Å². The number of alkyl halides is 6. The Hall–Kier alpha value is -2.40. The van der Waals surface area contributed by atoms with Gasteiger partial charge in [-0.1, -0.05) is 6.08 Å². The van der Waals surface area contributed by atoms with Crippen LogP contribution in [0.3, 0.4) is 0 Å². The van der Waals surface area contributed by atoms with Crippen LogP contribution in [0.25, 0.3) is 6.08 Å². The van der Waals surface area contributed by atoms with Gasteiger partial charge in [-0.15, -0.1) is 0 Å². The maximum absolute atomic E-state index is 13.4. The smallest absolute Gasteiger partial charge is 0.410 e. The lowest BCUT2D eigenvalue weighted by molar-refractivity contribution is -0.321. The van der Waals surface area contributed by atoms with Crippen LogP contribution in [0.15, 0.2) is 6.08 Å². The lowest BCUT2D eigenvalue weighted by atomic mass is 9.78. The number of fused-ring (bicyclic) bond motifs is 1. The number of nitrogens with zero attached hydrogens (tertiary/aromatic N) is 3. The fourth-order valence-corrected chi connectivity index (χ4v) is 3.58. The highest BCUT2D eigenvalue weighted by atomic mass is 19.4. The number of hydrogen-bond donors (Lipinski definition) is 1. The molecule has 1 fully saturated rings. The van der Waals surface area contributed by atoms with Crippen LogP contribution in [0.1, 0.15) is 38.6 Å². The maximum Gasteiger partial charge on any atom is 0.410 e. The molecule has 2 aliphatic rings. The van der Waals surface area contributed by atoms with Crippen molar-refractivity contribution in [2.45, 2.75) is 51.6 Å². The summed E-state index contributed by atoms with van der Waals surface area (Å²) in [5.41, 5.74) is -4.78. The van der Waals surface area contributed by atoms with Gasteiger partial charge in [0.15, 0.2) is 5.41 Å². The zero-order valence-electron chi connectivity index (χ0n) is 17.3. The topological polar surface area (TPSA) is 61.5 Å². The summed E-state index contributed by atoms with van der Waals surface area (Å²) in [6.07, 6.45) is -11.3.